The van der Waals surface area contributed by atoms with Crippen LogP contribution in [0.4, 0.5) is 0 Å². The maximum absolute atomic E-state index is 10.7. The van der Waals surface area contributed by atoms with Gasteiger partial charge in [0.05, 0.1) is 6.10 Å². The van der Waals surface area contributed by atoms with E-state index in [1.54, 1.807) is 0 Å². The molecule has 0 fully saturated rings. The van der Waals surface area contributed by atoms with E-state index in [1.165, 1.54) is 0 Å². The fourth-order valence-electron chi connectivity index (χ4n) is 1.15. The Labute approximate surface area is 93.4 Å². The second-order valence-corrected chi connectivity index (χ2v) is 6.56. The van der Waals surface area contributed by atoms with Crippen molar-refractivity contribution in [3.05, 3.63) is 0 Å². The Balaban J connectivity index is 4.81. The van der Waals surface area contributed by atoms with Crippen LogP contribution in [0.3, 0.4) is 0 Å². The second-order valence-electron chi connectivity index (χ2n) is 3.19. The first-order chi connectivity index (χ1) is 7.10. The van der Waals surface area contributed by atoms with E-state index in [-0.39, 0.29) is 25.9 Å². The molecule has 0 aliphatic carbocycles. The van der Waals surface area contributed by atoms with E-state index in [0.717, 1.165) is 0 Å². The topological polar surface area (TPSA) is 149 Å². The molecule has 0 aliphatic heterocycles. The van der Waals surface area contributed by atoms with Gasteiger partial charge in [0, 0.05) is 6.61 Å². The summed E-state index contributed by atoms with van der Waals surface area (Å²) in [5.74, 6) is 0. The molecule has 0 radical (unpaired) electrons. The van der Waals surface area contributed by atoms with E-state index >= 15 is 0 Å². The molecule has 0 heterocycles. The van der Waals surface area contributed by atoms with Crippen LogP contribution in [0.2, 0.25) is 0 Å². The number of unbranched alkanes of at least 4 members (excludes halogenated alkanes) is 1. The van der Waals surface area contributed by atoms with Gasteiger partial charge in [0.1, 0.15) is 0 Å². The maximum Gasteiger partial charge on any atom is 0.287 e. The Bertz CT molecular complexity index is 364. The van der Waals surface area contributed by atoms with E-state index in [1.807, 2.05) is 0 Å². The van der Waals surface area contributed by atoms with Crippen LogP contribution in [0.15, 0.2) is 0 Å². The van der Waals surface area contributed by atoms with Crippen molar-refractivity contribution in [1.29, 1.82) is 0 Å². The van der Waals surface area contributed by atoms with E-state index < -0.39 is 30.9 Å². The second kappa shape index (κ2) is 5.89. The molecular formula is C6H14O8S2. The SMILES string of the molecule is O=S(=O)(O)C(C(O)CCCCO)S(=O)(=O)O. The highest BCUT2D eigenvalue weighted by Gasteiger charge is 2.41. The Morgan fingerprint density at radius 1 is 0.938 bits per heavy atom. The summed E-state index contributed by atoms with van der Waals surface area (Å²) in [6.45, 7) is -0.199. The van der Waals surface area contributed by atoms with Crippen molar-refractivity contribution < 1.29 is 36.2 Å². The van der Waals surface area contributed by atoms with E-state index in [9.17, 15) is 21.9 Å². The summed E-state index contributed by atoms with van der Waals surface area (Å²) in [5, 5.41) is 17.7. The molecule has 1 unspecified atom stereocenters. The average Bonchev–Trinajstić information content (AvgIpc) is 1.98. The Morgan fingerprint density at radius 3 is 1.69 bits per heavy atom. The minimum absolute atomic E-state index is 0.152. The lowest BCUT2D eigenvalue weighted by molar-refractivity contribution is 0.163. The Morgan fingerprint density at radius 2 is 1.38 bits per heavy atom. The van der Waals surface area contributed by atoms with Crippen LogP contribution in [-0.2, 0) is 20.2 Å². The zero-order valence-electron chi connectivity index (χ0n) is 8.22. The molecule has 8 nitrogen and oxygen atoms in total. The first kappa shape index (κ1) is 15.7. The molecule has 0 saturated heterocycles. The van der Waals surface area contributed by atoms with Gasteiger partial charge in [0.15, 0.2) is 0 Å². The predicted molar refractivity (Wildman–Crippen MR) is 53.8 cm³/mol. The van der Waals surface area contributed by atoms with Gasteiger partial charge in [-0.3, -0.25) is 9.11 Å². The van der Waals surface area contributed by atoms with Gasteiger partial charge in [-0.1, -0.05) is 0 Å². The number of hydrogen-bond acceptors (Lipinski definition) is 6. The molecule has 4 N–H and O–H groups in total. The van der Waals surface area contributed by atoms with Crippen LogP contribution in [0.25, 0.3) is 0 Å². The summed E-state index contributed by atoms with van der Waals surface area (Å²) in [7, 11) is -10.2. The molecule has 1 atom stereocenters. The highest BCUT2D eigenvalue weighted by atomic mass is 32.3. The van der Waals surface area contributed by atoms with E-state index in [2.05, 4.69) is 0 Å². The minimum Gasteiger partial charge on any atom is -0.396 e. The van der Waals surface area contributed by atoms with Gasteiger partial charge in [-0.15, -0.1) is 0 Å². The summed E-state index contributed by atoms with van der Waals surface area (Å²) < 4.78 is 57.1. The average molecular weight is 278 g/mol. The van der Waals surface area contributed by atoms with Crippen molar-refractivity contribution in [1.82, 2.24) is 0 Å². The molecule has 0 rings (SSSR count). The minimum atomic E-state index is -5.11. The molecular weight excluding hydrogens is 264 g/mol. The molecule has 0 aliphatic rings. The number of rotatable bonds is 7. The zero-order chi connectivity index (χ0) is 13.0. The van der Waals surface area contributed by atoms with Crippen molar-refractivity contribution >= 4 is 20.2 Å². The summed E-state index contributed by atoms with van der Waals surface area (Å²) >= 11 is 0. The molecule has 0 saturated carbocycles. The first-order valence-corrected chi connectivity index (χ1v) is 7.33. The number of aliphatic hydroxyl groups excluding tert-OH is 2. The van der Waals surface area contributed by atoms with Crippen molar-refractivity contribution in [2.75, 3.05) is 6.61 Å². The Hall–Kier alpha value is -0.260. The van der Waals surface area contributed by atoms with Gasteiger partial charge >= 0.3 is 0 Å². The number of hydrogen-bond donors (Lipinski definition) is 4. The fourth-order valence-corrected chi connectivity index (χ4v) is 3.45. The van der Waals surface area contributed by atoms with Crippen LogP contribution in [0, 0.1) is 0 Å². The van der Waals surface area contributed by atoms with E-state index in [0.29, 0.717) is 0 Å². The molecule has 0 spiro atoms. The van der Waals surface area contributed by atoms with Gasteiger partial charge in [-0.2, -0.15) is 16.8 Å². The lowest BCUT2D eigenvalue weighted by atomic mass is 10.2. The van der Waals surface area contributed by atoms with Crippen molar-refractivity contribution in [2.45, 2.75) is 29.9 Å². The van der Waals surface area contributed by atoms with Gasteiger partial charge in [0.25, 0.3) is 20.2 Å². The molecule has 0 bridgehead atoms. The highest BCUT2D eigenvalue weighted by Crippen LogP contribution is 2.16. The largest absolute Gasteiger partial charge is 0.396 e. The molecule has 0 aromatic heterocycles. The van der Waals surface area contributed by atoms with E-state index in [4.69, 9.17) is 14.2 Å². The molecule has 10 heteroatoms. The fraction of sp³-hybridized carbons (Fsp3) is 1.00. The standard InChI is InChI=1S/C6H14O8S2/c7-4-2-1-3-5(8)6(15(9,10)11)16(12,13)14/h5-8H,1-4H2,(H,9,10,11)(H,12,13,14). The molecule has 16 heavy (non-hydrogen) atoms. The lowest BCUT2D eigenvalue weighted by Crippen LogP contribution is -2.40. The van der Waals surface area contributed by atoms with Gasteiger partial charge in [-0.25, -0.2) is 0 Å². The lowest BCUT2D eigenvalue weighted by Gasteiger charge is -2.17. The zero-order valence-corrected chi connectivity index (χ0v) is 9.85. The van der Waals surface area contributed by atoms with Crippen LogP contribution in [0.1, 0.15) is 19.3 Å². The summed E-state index contributed by atoms with van der Waals surface area (Å²) in [6, 6.07) is 0. The normalized spacial score (nSPS) is 15.3. The maximum atomic E-state index is 10.7. The third-order valence-corrected chi connectivity index (χ3v) is 5.07. The van der Waals surface area contributed by atoms with Crippen LogP contribution in [-0.4, -0.2) is 53.4 Å². The predicted octanol–water partition coefficient (Wildman–Crippen LogP) is -1.39. The third-order valence-electron chi connectivity index (χ3n) is 1.81. The number of aliphatic hydroxyl groups is 2. The molecule has 98 valence electrons. The smallest absolute Gasteiger partial charge is 0.287 e. The van der Waals surface area contributed by atoms with Crippen molar-refractivity contribution in [3.63, 3.8) is 0 Å². The van der Waals surface area contributed by atoms with Crippen molar-refractivity contribution in [2.24, 2.45) is 0 Å². The monoisotopic (exact) mass is 278 g/mol. The Kier molecular flexibility index (Phi) is 5.79. The van der Waals surface area contributed by atoms with Crippen LogP contribution in [0.5, 0.6) is 0 Å². The molecule has 0 aromatic rings. The summed E-state index contributed by atoms with van der Waals surface area (Å²) in [4.78, 5) is 0. The first-order valence-electron chi connectivity index (χ1n) is 4.32. The summed E-state index contributed by atoms with van der Waals surface area (Å²) in [5.41, 5.74) is 0. The quantitative estimate of drug-likeness (QED) is 0.328. The van der Waals surface area contributed by atoms with Crippen LogP contribution >= 0.6 is 0 Å². The summed E-state index contributed by atoms with van der Waals surface area (Å²) in [6.07, 6.45) is -1.85. The third kappa shape index (κ3) is 5.18. The van der Waals surface area contributed by atoms with Gasteiger partial charge < -0.3 is 10.2 Å². The molecule has 0 amide bonds. The molecule has 0 aromatic carbocycles. The highest BCUT2D eigenvalue weighted by molar-refractivity contribution is 8.04. The van der Waals surface area contributed by atoms with Gasteiger partial charge in [0.2, 0.25) is 4.58 Å². The van der Waals surface area contributed by atoms with Crippen LogP contribution < -0.4 is 0 Å². The van der Waals surface area contributed by atoms with Gasteiger partial charge in [-0.05, 0) is 19.3 Å². The van der Waals surface area contributed by atoms with Crippen molar-refractivity contribution in [3.8, 4) is 0 Å².